The molecule has 0 saturated heterocycles. The fourth-order valence-corrected chi connectivity index (χ4v) is 1.92. The average molecular weight is 338 g/mol. The summed E-state index contributed by atoms with van der Waals surface area (Å²) in [5.74, 6) is 0.00890. The number of benzene rings is 1. The van der Waals surface area contributed by atoms with E-state index in [1.165, 1.54) is 32.4 Å². The number of hydrogen-bond acceptors (Lipinski definition) is 5. The van der Waals surface area contributed by atoms with Crippen molar-refractivity contribution >= 4 is 5.91 Å². The zero-order valence-corrected chi connectivity index (χ0v) is 13.1. The van der Waals surface area contributed by atoms with Gasteiger partial charge in [-0.3, -0.25) is 4.79 Å². The molecule has 0 fully saturated rings. The molecule has 1 amide bonds. The monoisotopic (exact) mass is 338 g/mol. The van der Waals surface area contributed by atoms with Crippen molar-refractivity contribution < 1.29 is 27.8 Å². The molecule has 2 aromatic rings. The lowest BCUT2D eigenvalue weighted by molar-refractivity contribution is -0.0512. The largest absolute Gasteiger partial charge is 0.493 e. The number of alkyl halides is 2. The van der Waals surface area contributed by atoms with Gasteiger partial charge < -0.3 is 19.5 Å². The standard InChI is InChI=1S/C16H16F2N2O4/c1-22-13-7-11(4-5-12(13)24-16(17)18)15(21)20-9-10-3-6-14(23-2)19-8-10/h3-8,16H,9H2,1-2H3,(H,20,21). The molecule has 1 N–H and O–H groups in total. The summed E-state index contributed by atoms with van der Waals surface area (Å²) in [7, 11) is 2.82. The van der Waals surface area contributed by atoms with Crippen molar-refractivity contribution in [1.29, 1.82) is 0 Å². The van der Waals surface area contributed by atoms with Crippen molar-refractivity contribution in [2.75, 3.05) is 14.2 Å². The van der Waals surface area contributed by atoms with Crippen molar-refractivity contribution in [1.82, 2.24) is 10.3 Å². The Labute approximate surface area is 137 Å². The molecule has 24 heavy (non-hydrogen) atoms. The second kappa shape index (κ2) is 8.09. The number of methoxy groups -OCH3 is 2. The van der Waals surface area contributed by atoms with E-state index in [9.17, 15) is 13.6 Å². The van der Waals surface area contributed by atoms with Crippen LogP contribution in [0, 0.1) is 0 Å². The van der Waals surface area contributed by atoms with Gasteiger partial charge in [-0.2, -0.15) is 8.78 Å². The Hall–Kier alpha value is -2.90. The maximum absolute atomic E-state index is 12.3. The van der Waals surface area contributed by atoms with Gasteiger partial charge in [-0.15, -0.1) is 0 Å². The number of hydrogen-bond donors (Lipinski definition) is 1. The van der Waals surface area contributed by atoms with Gasteiger partial charge in [0.25, 0.3) is 5.91 Å². The Morgan fingerprint density at radius 1 is 1.17 bits per heavy atom. The summed E-state index contributed by atoms with van der Waals surface area (Å²) < 4.78 is 38.8. The number of nitrogens with one attached hydrogen (secondary N) is 1. The molecular weight excluding hydrogens is 322 g/mol. The Balaban J connectivity index is 2.03. The van der Waals surface area contributed by atoms with Gasteiger partial charge in [0.2, 0.25) is 5.88 Å². The first kappa shape index (κ1) is 17.5. The zero-order valence-electron chi connectivity index (χ0n) is 13.1. The van der Waals surface area contributed by atoms with Crippen molar-refractivity contribution in [2.45, 2.75) is 13.2 Å². The maximum Gasteiger partial charge on any atom is 0.387 e. The van der Waals surface area contributed by atoms with Crippen molar-refractivity contribution in [3.05, 3.63) is 47.7 Å². The van der Waals surface area contributed by atoms with E-state index in [1.807, 2.05) is 0 Å². The second-order valence-electron chi connectivity index (χ2n) is 4.64. The molecule has 1 heterocycles. The number of pyridine rings is 1. The Morgan fingerprint density at radius 3 is 2.54 bits per heavy atom. The predicted octanol–water partition coefficient (Wildman–Crippen LogP) is 2.63. The van der Waals surface area contributed by atoms with Gasteiger partial charge in [0.1, 0.15) is 0 Å². The summed E-state index contributed by atoms with van der Waals surface area (Å²) in [5.41, 5.74) is 1.05. The molecule has 0 aliphatic rings. The summed E-state index contributed by atoms with van der Waals surface area (Å²) in [6.45, 7) is -2.71. The van der Waals surface area contributed by atoms with Gasteiger partial charge in [-0.05, 0) is 23.8 Å². The number of amides is 1. The van der Waals surface area contributed by atoms with E-state index in [0.717, 1.165) is 5.56 Å². The fraction of sp³-hybridized carbons (Fsp3) is 0.250. The van der Waals surface area contributed by atoms with E-state index in [2.05, 4.69) is 15.0 Å². The molecule has 0 atom stereocenters. The molecule has 0 unspecified atom stereocenters. The molecule has 6 nitrogen and oxygen atoms in total. The molecule has 0 saturated carbocycles. The maximum atomic E-state index is 12.3. The minimum absolute atomic E-state index is 0.0501. The van der Waals surface area contributed by atoms with Gasteiger partial charge in [0.05, 0.1) is 14.2 Å². The number of carbonyl (C=O) groups excluding carboxylic acids is 1. The first-order chi connectivity index (χ1) is 11.5. The Morgan fingerprint density at radius 2 is 1.96 bits per heavy atom. The molecule has 8 heteroatoms. The molecule has 0 radical (unpaired) electrons. The van der Waals surface area contributed by atoms with Crippen molar-refractivity contribution in [3.63, 3.8) is 0 Å². The van der Waals surface area contributed by atoms with Gasteiger partial charge in [-0.1, -0.05) is 6.07 Å². The molecule has 1 aromatic heterocycles. The van der Waals surface area contributed by atoms with Crippen molar-refractivity contribution in [3.8, 4) is 17.4 Å². The second-order valence-corrected chi connectivity index (χ2v) is 4.64. The first-order valence-electron chi connectivity index (χ1n) is 6.93. The van der Waals surface area contributed by atoms with Crippen LogP contribution in [-0.4, -0.2) is 31.7 Å². The van der Waals surface area contributed by atoms with Crippen LogP contribution in [0.15, 0.2) is 36.5 Å². The van der Waals surface area contributed by atoms with Crippen LogP contribution in [0.25, 0.3) is 0 Å². The third kappa shape index (κ3) is 4.55. The highest BCUT2D eigenvalue weighted by Gasteiger charge is 2.14. The van der Waals surface area contributed by atoms with Crippen LogP contribution in [0.1, 0.15) is 15.9 Å². The number of rotatable bonds is 7. The summed E-state index contributed by atoms with van der Waals surface area (Å²) in [4.78, 5) is 16.2. The van der Waals surface area contributed by atoms with Gasteiger partial charge in [0.15, 0.2) is 11.5 Å². The van der Waals surface area contributed by atoms with Crippen LogP contribution in [0.5, 0.6) is 17.4 Å². The molecule has 1 aromatic carbocycles. The molecule has 2 rings (SSSR count). The molecular formula is C16H16F2N2O4. The highest BCUT2D eigenvalue weighted by molar-refractivity contribution is 5.94. The minimum atomic E-state index is -2.97. The fourth-order valence-electron chi connectivity index (χ4n) is 1.92. The van der Waals surface area contributed by atoms with Crippen LogP contribution in [0.4, 0.5) is 8.78 Å². The number of nitrogens with zero attached hydrogens (tertiary/aromatic N) is 1. The Kier molecular flexibility index (Phi) is 5.89. The van der Waals surface area contributed by atoms with Crippen LogP contribution in [-0.2, 0) is 6.54 Å². The molecule has 128 valence electrons. The van der Waals surface area contributed by atoms with E-state index in [0.29, 0.717) is 5.88 Å². The van der Waals surface area contributed by atoms with Gasteiger partial charge >= 0.3 is 6.61 Å². The van der Waals surface area contributed by atoms with Crippen molar-refractivity contribution in [2.24, 2.45) is 0 Å². The molecule has 0 aliphatic heterocycles. The number of halogens is 2. The highest BCUT2D eigenvalue weighted by Crippen LogP contribution is 2.29. The van der Waals surface area contributed by atoms with Crippen LogP contribution in [0.2, 0.25) is 0 Å². The van der Waals surface area contributed by atoms with Gasteiger partial charge in [-0.25, -0.2) is 4.98 Å². The molecule has 0 bridgehead atoms. The van der Waals surface area contributed by atoms with Crippen LogP contribution in [0.3, 0.4) is 0 Å². The topological polar surface area (TPSA) is 69.7 Å². The van der Waals surface area contributed by atoms with Crippen LogP contribution >= 0.6 is 0 Å². The smallest absolute Gasteiger partial charge is 0.387 e. The quantitative estimate of drug-likeness (QED) is 0.840. The predicted molar refractivity (Wildman–Crippen MR) is 81.6 cm³/mol. The first-order valence-corrected chi connectivity index (χ1v) is 6.93. The lowest BCUT2D eigenvalue weighted by Crippen LogP contribution is -2.23. The number of ether oxygens (including phenoxy) is 3. The lowest BCUT2D eigenvalue weighted by Gasteiger charge is -2.11. The normalized spacial score (nSPS) is 10.4. The minimum Gasteiger partial charge on any atom is -0.493 e. The number of aromatic nitrogens is 1. The van der Waals surface area contributed by atoms with Gasteiger partial charge in [0, 0.05) is 24.4 Å². The highest BCUT2D eigenvalue weighted by atomic mass is 19.3. The van der Waals surface area contributed by atoms with E-state index < -0.39 is 6.61 Å². The van der Waals surface area contributed by atoms with E-state index in [4.69, 9.17) is 9.47 Å². The average Bonchev–Trinajstić information content (AvgIpc) is 2.60. The lowest BCUT2D eigenvalue weighted by atomic mass is 10.2. The third-order valence-corrected chi connectivity index (χ3v) is 3.10. The molecule has 0 spiro atoms. The summed E-state index contributed by atoms with van der Waals surface area (Å²) in [6.07, 6.45) is 1.58. The van der Waals surface area contributed by atoms with Crippen LogP contribution < -0.4 is 19.5 Å². The third-order valence-electron chi connectivity index (χ3n) is 3.10. The van der Waals surface area contributed by atoms with E-state index in [-0.39, 0.29) is 29.5 Å². The van der Waals surface area contributed by atoms with E-state index in [1.54, 1.807) is 18.3 Å². The zero-order chi connectivity index (χ0) is 17.5. The van der Waals surface area contributed by atoms with E-state index >= 15 is 0 Å². The summed E-state index contributed by atoms with van der Waals surface area (Å²) >= 11 is 0. The Bertz CT molecular complexity index is 693. The summed E-state index contributed by atoms with van der Waals surface area (Å²) in [6, 6.07) is 7.42. The summed E-state index contributed by atoms with van der Waals surface area (Å²) in [5, 5.41) is 2.70. The molecule has 0 aliphatic carbocycles. The number of carbonyl (C=O) groups is 1. The SMILES string of the molecule is COc1ccc(CNC(=O)c2ccc(OC(F)F)c(OC)c2)cn1.